The zero-order valence-corrected chi connectivity index (χ0v) is 17.2. The summed E-state index contributed by atoms with van der Waals surface area (Å²) in [5.74, 6) is 0.0166. The molecule has 3 rings (SSSR count). The summed E-state index contributed by atoms with van der Waals surface area (Å²) in [7, 11) is 0. The summed E-state index contributed by atoms with van der Waals surface area (Å²) in [5, 5.41) is 0.670. The molecule has 1 saturated carbocycles. The lowest BCUT2D eigenvalue weighted by Crippen LogP contribution is -2.54. The van der Waals surface area contributed by atoms with E-state index < -0.39 is 17.7 Å². The highest BCUT2D eigenvalue weighted by Gasteiger charge is 2.41. The van der Waals surface area contributed by atoms with Crippen molar-refractivity contribution in [1.82, 2.24) is 9.80 Å². The summed E-state index contributed by atoms with van der Waals surface area (Å²) in [6, 6.07) is 7.43. The van der Waals surface area contributed by atoms with Gasteiger partial charge in [-0.05, 0) is 64.5 Å². The van der Waals surface area contributed by atoms with Gasteiger partial charge in [-0.15, -0.1) is 0 Å². The molecule has 1 aliphatic heterocycles. The van der Waals surface area contributed by atoms with E-state index in [1.807, 2.05) is 49.9 Å². The zero-order valence-electron chi connectivity index (χ0n) is 16.4. The largest absolute Gasteiger partial charge is 0.444 e. The third-order valence-corrected chi connectivity index (χ3v) is 5.35. The van der Waals surface area contributed by atoms with Crippen LogP contribution in [0.15, 0.2) is 24.3 Å². The molecule has 1 aromatic rings. The van der Waals surface area contributed by atoms with Crippen molar-refractivity contribution in [2.24, 2.45) is 0 Å². The van der Waals surface area contributed by atoms with Gasteiger partial charge in [0.15, 0.2) is 0 Å². The summed E-state index contributed by atoms with van der Waals surface area (Å²) < 4.78 is 5.55. The van der Waals surface area contributed by atoms with Crippen LogP contribution in [-0.2, 0) is 16.1 Å². The monoisotopic (exact) mass is 392 g/mol. The van der Waals surface area contributed by atoms with Crippen molar-refractivity contribution in [3.8, 4) is 0 Å². The van der Waals surface area contributed by atoms with Crippen LogP contribution in [-0.4, -0.2) is 46.0 Å². The first-order chi connectivity index (χ1) is 12.8. The molecule has 5 nitrogen and oxygen atoms in total. The van der Waals surface area contributed by atoms with Crippen LogP contribution in [0.25, 0.3) is 0 Å². The lowest BCUT2D eigenvalue weighted by atomic mass is 10.0. The van der Waals surface area contributed by atoms with Crippen molar-refractivity contribution < 1.29 is 14.3 Å². The highest BCUT2D eigenvalue weighted by atomic mass is 35.5. The second-order valence-corrected chi connectivity index (χ2v) is 8.88. The molecule has 1 heterocycles. The Balaban J connectivity index is 1.77. The SMILES string of the molecule is CC(C)(C)OC(=O)N1CCCC[C@@H]1C(=O)N(Cc1ccccc1Cl)C1CC1. The molecule has 2 fully saturated rings. The molecule has 2 aliphatic rings. The van der Waals surface area contributed by atoms with Gasteiger partial charge in [-0.25, -0.2) is 4.79 Å². The maximum Gasteiger partial charge on any atom is 0.410 e. The van der Waals surface area contributed by atoms with E-state index in [4.69, 9.17) is 16.3 Å². The summed E-state index contributed by atoms with van der Waals surface area (Å²) in [4.78, 5) is 29.6. The van der Waals surface area contributed by atoms with Crippen molar-refractivity contribution in [2.45, 2.75) is 77.1 Å². The van der Waals surface area contributed by atoms with Gasteiger partial charge in [0.05, 0.1) is 0 Å². The molecule has 148 valence electrons. The minimum atomic E-state index is -0.574. The van der Waals surface area contributed by atoms with Crippen molar-refractivity contribution in [2.75, 3.05) is 6.54 Å². The second-order valence-electron chi connectivity index (χ2n) is 8.47. The number of rotatable bonds is 4. The molecule has 1 saturated heterocycles. The minimum Gasteiger partial charge on any atom is -0.444 e. The van der Waals surface area contributed by atoms with Crippen LogP contribution in [0, 0.1) is 0 Å². The average Bonchev–Trinajstić information content (AvgIpc) is 3.44. The second kappa shape index (κ2) is 8.09. The molecule has 0 N–H and O–H groups in total. The molecule has 1 aliphatic carbocycles. The van der Waals surface area contributed by atoms with Gasteiger partial charge in [-0.1, -0.05) is 29.8 Å². The highest BCUT2D eigenvalue weighted by molar-refractivity contribution is 6.31. The lowest BCUT2D eigenvalue weighted by molar-refractivity contribution is -0.139. The van der Waals surface area contributed by atoms with Crippen molar-refractivity contribution in [3.05, 3.63) is 34.9 Å². The Morgan fingerprint density at radius 3 is 2.52 bits per heavy atom. The van der Waals surface area contributed by atoms with E-state index in [-0.39, 0.29) is 11.9 Å². The van der Waals surface area contributed by atoms with Crippen LogP contribution >= 0.6 is 11.6 Å². The molecule has 6 heteroatoms. The number of hydrogen-bond donors (Lipinski definition) is 0. The molecule has 0 bridgehead atoms. The van der Waals surface area contributed by atoms with E-state index in [9.17, 15) is 9.59 Å². The average molecular weight is 393 g/mol. The molecular weight excluding hydrogens is 364 g/mol. The van der Waals surface area contributed by atoms with Gasteiger partial charge in [-0.3, -0.25) is 9.69 Å². The summed E-state index contributed by atoms with van der Waals surface area (Å²) in [6.45, 7) is 6.59. The summed E-state index contributed by atoms with van der Waals surface area (Å²) in [5.41, 5.74) is 0.370. The van der Waals surface area contributed by atoms with E-state index in [0.717, 1.165) is 31.2 Å². The highest BCUT2D eigenvalue weighted by Crippen LogP contribution is 2.32. The normalized spacial score (nSPS) is 20.3. The Labute approximate surface area is 166 Å². The Hall–Kier alpha value is -1.75. The van der Waals surface area contributed by atoms with Crippen LogP contribution in [0.1, 0.15) is 58.4 Å². The first-order valence-electron chi connectivity index (χ1n) is 9.80. The van der Waals surface area contributed by atoms with Gasteiger partial charge in [0.25, 0.3) is 0 Å². The number of ether oxygens (including phenoxy) is 1. The third kappa shape index (κ3) is 5.16. The van der Waals surface area contributed by atoms with Crippen LogP contribution in [0.4, 0.5) is 4.79 Å². The molecular formula is C21H29ClN2O3. The number of nitrogens with zero attached hydrogens (tertiary/aromatic N) is 2. The maximum absolute atomic E-state index is 13.4. The van der Waals surface area contributed by atoms with E-state index in [1.165, 1.54) is 0 Å². The molecule has 2 amide bonds. The summed E-state index contributed by atoms with van der Waals surface area (Å²) in [6.07, 6.45) is 4.15. The third-order valence-electron chi connectivity index (χ3n) is 4.99. The molecule has 0 radical (unpaired) electrons. The number of amides is 2. The van der Waals surface area contributed by atoms with E-state index in [2.05, 4.69) is 0 Å². The van der Waals surface area contributed by atoms with Gasteiger partial charge in [-0.2, -0.15) is 0 Å². The predicted molar refractivity (Wildman–Crippen MR) is 106 cm³/mol. The Bertz CT molecular complexity index is 697. The first-order valence-corrected chi connectivity index (χ1v) is 10.2. The Morgan fingerprint density at radius 1 is 1.19 bits per heavy atom. The molecule has 0 unspecified atom stereocenters. The van der Waals surface area contributed by atoms with Gasteiger partial charge in [0.2, 0.25) is 5.91 Å². The molecule has 0 aromatic heterocycles. The number of likely N-dealkylation sites (tertiary alicyclic amines) is 1. The molecule has 27 heavy (non-hydrogen) atoms. The number of hydrogen-bond acceptors (Lipinski definition) is 3. The number of carbonyl (C=O) groups excluding carboxylic acids is 2. The fourth-order valence-corrected chi connectivity index (χ4v) is 3.70. The zero-order chi connectivity index (χ0) is 19.6. The number of carbonyl (C=O) groups is 2. The predicted octanol–water partition coefficient (Wildman–Crippen LogP) is 4.62. The standard InChI is InChI=1S/C21H29ClN2O3/c1-21(2,3)27-20(26)23-13-7-6-10-18(23)19(25)24(16-11-12-16)14-15-8-4-5-9-17(15)22/h4-5,8-9,16,18H,6-7,10-14H2,1-3H3/t18-/m1/s1. The van der Waals surface area contributed by atoms with Crippen LogP contribution in [0.3, 0.4) is 0 Å². The van der Waals surface area contributed by atoms with Crippen LogP contribution < -0.4 is 0 Å². The molecule has 1 aromatic carbocycles. The Morgan fingerprint density at radius 2 is 1.89 bits per heavy atom. The van der Waals surface area contributed by atoms with E-state index >= 15 is 0 Å². The first kappa shape index (κ1) is 20.0. The van der Waals surface area contributed by atoms with E-state index in [0.29, 0.717) is 24.5 Å². The fraction of sp³-hybridized carbons (Fsp3) is 0.619. The fourth-order valence-electron chi connectivity index (χ4n) is 3.50. The summed E-state index contributed by atoms with van der Waals surface area (Å²) >= 11 is 6.31. The topological polar surface area (TPSA) is 49.9 Å². The quantitative estimate of drug-likeness (QED) is 0.751. The van der Waals surface area contributed by atoms with Crippen molar-refractivity contribution in [1.29, 1.82) is 0 Å². The van der Waals surface area contributed by atoms with Crippen molar-refractivity contribution >= 4 is 23.6 Å². The van der Waals surface area contributed by atoms with Crippen molar-refractivity contribution in [3.63, 3.8) is 0 Å². The van der Waals surface area contributed by atoms with Crippen LogP contribution in [0.2, 0.25) is 5.02 Å². The molecule has 1 atom stereocenters. The number of halogens is 1. The van der Waals surface area contributed by atoms with Gasteiger partial charge in [0.1, 0.15) is 11.6 Å². The maximum atomic E-state index is 13.4. The van der Waals surface area contributed by atoms with Gasteiger partial charge in [0, 0.05) is 24.2 Å². The Kier molecular flexibility index (Phi) is 5.99. The van der Waals surface area contributed by atoms with E-state index in [1.54, 1.807) is 4.90 Å². The minimum absolute atomic E-state index is 0.0166. The van der Waals surface area contributed by atoms with Gasteiger partial charge >= 0.3 is 6.09 Å². The number of piperidine rings is 1. The smallest absolute Gasteiger partial charge is 0.410 e. The van der Waals surface area contributed by atoms with Crippen LogP contribution in [0.5, 0.6) is 0 Å². The van der Waals surface area contributed by atoms with Gasteiger partial charge < -0.3 is 9.64 Å². The lowest BCUT2D eigenvalue weighted by Gasteiger charge is -2.38. The molecule has 0 spiro atoms. The number of benzene rings is 1.